The maximum atomic E-state index is 13.2. The van der Waals surface area contributed by atoms with Gasteiger partial charge in [0, 0.05) is 37.3 Å². The van der Waals surface area contributed by atoms with Crippen LogP contribution in [0.4, 0.5) is 8.78 Å². The van der Waals surface area contributed by atoms with Crippen LogP contribution in [-0.2, 0) is 4.74 Å². The van der Waals surface area contributed by atoms with Crippen molar-refractivity contribution in [1.82, 2.24) is 5.32 Å². The fourth-order valence-electron chi connectivity index (χ4n) is 2.47. The molecule has 0 bridgehead atoms. The molecule has 3 atom stereocenters. The normalized spacial score (nSPS) is 24.7. The van der Waals surface area contributed by atoms with Gasteiger partial charge in [0.05, 0.1) is 0 Å². The summed E-state index contributed by atoms with van der Waals surface area (Å²) in [5.41, 5.74) is 0. The van der Waals surface area contributed by atoms with Crippen LogP contribution in [0.2, 0.25) is 0 Å². The fourth-order valence-corrected chi connectivity index (χ4v) is 2.47. The SMILES string of the molecule is CCCNC1CC(Oc2cc(F)cc(F)c2)C1OCCC. The Morgan fingerprint density at radius 2 is 1.86 bits per heavy atom. The molecule has 1 fully saturated rings. The Kier molecular flexibility index (Phi) is 5.94. The highest BCUT2D eigenvalue weighted by atomic mass is 19.1. The van der Waals surface area contributed by atoms with Gasteiger partial charge in [0.2, 0.25) is 0 Å². The van der Waals surface area contributed by atoms with E-state index in [4.69, 9.17) is 9.47 Å². The van der Waals surface area contributed by atoms with E-state index in [-0.39, 0.29) is 24.0 Å². The Hall–Kier alpha value is -1.20. The lowest BCUT2D eigenvalue weighted by molar-refractivity contribution is -0.108. The number of hydrogen-bond acceptors (Lipinski definition) is 3. The first-order chi connectivity index (χ1) is 10.1. The first kappa shape index (κ1) is 16.2. The second-order valence-corrected chi connectivity index (χ2v) is 5.39. The Morgan fingerprint density at radius 1 is 1.14 bits per heavy atom. The number of halogens is 2. The van der Waals surface area contributed by atoms with Crippen molar-refractivity contribution in [3.8, 4) is 5.75 Å². The molecule has 1 aromatic carbocycles. The lowest BCUT2D eigenvalue weighted by Crippen LogP contribution is -2.61. The Bertz CT molecular complexity index is 436. The van der Waals surface area contributed by atoms with Crippen molar-refractivity contribution in [2.24, 2.45) is 0 Å². The van der Waals surface area contributed by atoms with Gasteiger partial charge in [0.25, 0.3) is 0 Å². The predicted molar refractivity (Wildman–Crippen MR) is 77.5 cm³/mol. The van der Waals surface area contributed by atoms with Gasteiger partial charge < -0.3 is 14.8 Å². The van der Waals surface area contributed by atoms with E-state index in [1.807, 2.05) is 6.92 Å². The molecule has 1 saturated carbocycles. The minimum absolute atomic E-state index is 0.0668. The molecule has 118 valence electrons. The summed E-state index contributed by atoms with van der Waals surface area (Å²) >= 11 is 0. The fraction of sp³-hybridized carbons (Fsp3) is 0.625. The standard InChI is InChI=1S/C16H23F2NO2/c1-3-5-19-14-10-15(16(14)20-6-4-2)21-13-8-11(17)7-12(18)9-13/h7-9,14-16,19H,3-6,10H2,1-2H3. The smallest absolute Gasteiger partial charge is 0.129 e. The molecular formula is C16H23F2NO2. The molecule has 0 saturated heterocycles. The van der Waals surface area contributed by atoms with Gasteiger partial charge in [-0.25, -0.2) is 8.78 Å². The third-order valence-electron chi connectivity index (χ3n) is 3.54. The van der Waals surface area contributed by atoms with Crippen LogP contribution < -0.4 is 10.1 Å². The second-order valence-electron chi connectivity index (χ2n) is 5.39. The Morgan fingerprint density at radius 3 is 2.48 bits per heavy atom. The highest BCUT2D eigenvalue weighted by Crippen LogP contribution is 2.30. The minimum Gasteiger partial charge on any atom is -0.487 e. The van der Waals surface area contributed by atoms with Gasteiger partial charge in [-0.15, -0.1) is 0 Å². The van der Waals surface area contributed by atoms with Crippen LogP contribution in [0, 0.1) is 11.6 Å². The molecule has 0 spiro atoms. The Balaban J connectivity index is 1.95. The molecule has 1 aliphatic carbocycles. The van der Waals surface area contributed by atoms with Crippen LogP contribution in [0.5, 0.6) is 5.75 Å². The van der Waals surface area contributed by atoms with Crippen LogP contribution >= 0.6 is 0 Å². The first-order valence-corrected chi connectivity index (χ1v) is 7.61. The molecule has 3 unspecified atom stereocenters. The number of rotatable bonds is 8. The maximum absolute atomic E-state index is 13.2. The molecule has 1 aliphatic rings. The van der Waals surface area contributed by atoms with Crippen LogP contribution in [-0.4, -0.2) is 31.4 Å². The highest BCUT2D eigenvalue weighted by Gasteiger charge is 2.43. The number of ether oxygens (including phenoxy) is 2. The van der Waals surface area contributed by atoms with E-state index in [1.54, 1.807) is 0 Å². The van der Waals surface area contributed by atoms with E-state index in [9.17, 15) is 8.78 Å². The van der Waals surface area contributed by atoms with Gasteiger partial charge in [-0.1, -0.05) is 13.8 Å². The molecule has 5 heteroatoms. The largest absolute Gasteiger partial charge is 0.487 e. The topological polar surface area (TPSA) is 30.5 Å². The average Bonchev–Trinajstić information content (AvgIpc) is 2.41. The minimum atomic E-state index is -0.629. The summed E-state index contributed by atoms with van der Waals surface area (Å²) in [6.07, 6.45) is 2.54. The third kappa shape index (κ3) is 4.38. The molecule has 0 aliphatic heterocycles. The Labute approximate surface area is 124 Å². The van der Waals surface area contributed by atoms with Crippen molar-refractivity contribution in [3.63, 3.8) is 0 Å². The number of nitrogens with one attached hydrogen (secondary N) is 1. The molecule has 0 aromatic heterocycles. The van der Waals surface area contributed by atoms with Crippen molar-refractivity contribution >= 4 is 0 Å². The molecule has 3 nitrogen and oxygen atoms in total. The van der Waals surface area contributed by atoms with Crippen molar-refractivity contribution in [2.45, 2.75) is 51.4 Å². The van der Waals surface area contributed by atoms with Crippen LogP contribution in [0.15, 0.2) is 18.2 Å². The monoisotopic (exact) mass is 299 g/mol. The zero-order valence-electron chi connectivity index (χ0n) is 12.6. The van der Waals surface area contributed by atoms with Crippen molar-refractivity contribution in [3.05, 3.63) is 29.8 Å². The summed E-state index contributed by atoms with van der Waals surface area (Å²) in [6.45, 7) is 5.74. The van der Waals surface area contributed by atoms with Gasteiger partial charge >= 0.3 is 0 Å². The summed E-state index contributed by atoms with van der Waals surface area (Å²) in [5, 5.41) is 3.41. The summed E-state index contributed by atoms with van der Waals surface area (Å²) in [4.78, 5) is 0. The highest BCUT2D eigenvalue weighted by molar-refractivity contribution is 5.24. The van der Waals surface area contributed by atoms with Crippen molar-refractivity contribution in [1.29, 1.82) is 0 Å². The quantitative estimate of drug-likeness (QED) is 0.799. The van der Waals surface area contributed by atoms with Gasteiger partial charge in [-0.2, -0.15) is 0 Å². The molecule has 21 heavy (non-hydrogen) atoms. The van der Waals surface area contributed by atoms with Gasteiger partial charge in [-0.3, -0.25) is 0 Å². The van der Waals surface area contributed by atoms with E-state index in [0.717, 1.165) is 31.9 Å². The van der Waals surface area contributed by atoms with Crippen LogP contribution in [0.1, 0.15) is 33.1 Å². The molecular weight excluding hydrogens is 276 g/mol. The summed E-state index contributed by atoms with van der Waals surface area (Å²) in [7, 11) is 0. The average molecular weight is 299 g/mol. The van der Waals surface area contributed by atoms with E-state index < -0.39 is 11.6 Å². The molecule has 2 rings (SSSR count). The van der Waals surface area contributed by atoms with Gasteiger partial charge in [0.1, 0.15) is 29.6 Å². The van der Waals surface area contributed by atoms with Gasteiger partial charge in [0.15, 0.2) is 0 Å². The number of hydrogen-bond donors (Lipinski definition) is 1. The van der Waals surface area contributed by atoms with E-state index in [2.05, 4.69) is 12.2 Å². The zero-order valence-corrected chi connectivity index (χ0v) is 12.6. The summed E-state index contributed by atoms with van der Waals surface area (Å²) < 4.78 is 37.9. The van der Waals surface area contributed by atoms with Crippen molar-refractivity contribution < 1.29 is 18.3 Å². The lowest BCUT2D eigenvalue weighted by Gasteiger charge is -2.44. The number of benzene rings is 1. The van der Waals surface area contributed by atoms with Crippen molar-refractivity contribution in [2.75, 3.05) is 13.2 Å². The molecule has 1 aromatic rings. The third-order valence-corrected chi connectivity index (χ3v) is 3.54. The molecule has 0 amide bonds. The van der Waals surface area contributed by atoms with Crippen LogP contribution in [0.3, 0.4) is 0 Å². The molecule has 0 heterocycles. The zero-order chi connectivity index (χ0) is 15.2. The maximum Gasteiger partial charge on any atom is 0.129 e. The van der Waals surface area contributed by atoms with E-state index >= 15 is 0 Å². The first-order valence-electron chi connectivity index (χ1n) is 7.61. The molecule has 0 radical (unpaired) electrons. The van der Waals surface area contributed by atoms with Crippen LogP contribution in [0.25, 0.3) is 0 Å². The second kappa shape index (κ2) is 7.71. The van der Waals surface area contributed by atoms with E-state index in [0.29, 0.717) is 6.61 Å². The summed E-state index contributed by atoms with van der Waals surface area (Å²) in [6, 6.07) is 3.49. The van der Waals surface area contributed by atoms with Gasteiger partial charge in [-0.05, 0) is 19.4 Å². The lowest BCUT2D eigenvalue weighted by atomic mass is 9.85. The summed E-state index contributed by atoms with van der Waals surface area (Å²) in [5.74, 6) is -1.04. The predicted octanol–water partition coefficient (Wildman–Crippen LogP) is 3.28. The molecule has 1 N–H and O–H groups in total. The van der Waals surface area contributed by atoms with E-state index in [1.165, 1.54) is 12.1 Å².